The summed E-state index contributed by atoms with van der Waals surface area (Å²) in [7, 11) is 1.57. The maximum absolute atomic E-state index is 9.56. The van der Waals surface area contributed by atoms with E-state index in [0.29, 0.717) is 36.0 Å². The van der Waals surface area contributed by atoms with Crippen LogP contribution in [0, 0.1) is 0 Å². The molecule has 2 rings (SSSR count). The lowest BCUT2D eigenvalue weighted by atomic mass is 10.1. The van der Waals surface area contributed by atoms with Crippen molar-refractivity contribution in [3.63, 3.8) is 0 Å². The fraction of sp³-hybridized carbons (Fsp3) is 0.455. The van der Waals surface area contributed by atoms with Crippen LogP contribution in [0.2, 0.25) is 0 Å². The third-order valence-electron chi connectivity index (χ3n) is 2.34. The predicted molar refractivity (Wildman–Crippen MR) is 54.6 cm³/mol. The number of rotatable bonds is 2. The number of benzene rings is 1. The average Bonchev–Trinajstić information content (AvgIpc) is 2.27. The third kappa shape index (κ3) is 1.85. The smallest absolute Gasteiger partial charge is 0.165 e. The Labute approximate surface area is 88.4 Å². The second kappa shape index (κ2) is 3.98. The van der Waals surface area contributed by atoms with Crippen molar-refractivity contribution in [1.29, 1.82) is 0 Å². The molecule has 1 unspecified atom stereocenters. The molecular weight excluding hydrogens is 196 g/mol. The van der Waals surface area contributed by atoms with Gasteiger partial charge in [-0.25, -0.2) is 0 Å². The minimum absolute atomic E-state index is 0.540. The molecule has 0 aromatic heterocycles. The Bertz CT molecular complexity index is 360. The second-order valence-electron chi connectivity index (χ2n) is 3.41. The number of hydrogen-bond acceptors (Lipinski definition) is 4. The van der Waals surface area contributed by atoms with Gasteiger partial charge in [-0.3, -0.25) is 0 Å². The molecule has 15 heavy (non-hydrogen) atoms. The molecule has 4 heteroatoms. The first-order valence-electron chi connectivity index (χ1n) is 4.88. The highest BCUT2D eigenvalue weighted by Gasteiger charge is 2.18. The lowest BCUT2D eigenvalue weighted by Crippen LogP contribution is -2.16. The van der Waals surface area contributed by atoms with E-state index in [4.69, 9.17) is 14.2 Å². The number of fused-ring (bicyclic) bond motifs is 1. The lowest BCUT2D eigenvalue weighted by molar-refractivity contribution is 0.166. The molecule has 0 aliphatic carbocycles. The van der Waals surface area contributed by atoms with Gasteiger partial charge in [0.2, 0.25) is 0 Å². The molecule has 4 nitrogen and oxygen atoms in total. The summed E-state index contributed by atoms with van der Waals surface area (Å²) in [5, 5.41) is 9.56. The van der Waals surface area contributed by atoms with Crippen molar-refractivity contribution in [1.82, 2.24) is 0 Å². The molecule has 0 bridgehead atoms. The molecule has 0 radical (unpaired) electrons. The van der Waals surface area contributed by atoms with Gasteiger partial charge in [-0.2, -0.15) is 0 Å². The van der Waals surface area contributed by atoms with Gasteiger partial charge in [-0.15, -0.1) is 0 Å². The zero-order chi connectivity index (χ0) is 10.8. The highest BCUT2D eigenvalue weighted by Crippen LogP contribution is 2.38. The van der Waals surface area contributed by atoms with E-state index in [2.05, 4.69) is 0 Å². The van der Waals surface area contributed by atoms with Gasteiger partial charge in [0, 0.05) is 11.6 Å². The standard InChI is InChI=1S/C11H14O4/c1-7(12)8-5-10-11(6-9(8)13-2)15-4-3-14-10/h5-7,12H,3-4H2,1-2H3. The highest BCUT2D eigenvalue weighted by atomic mass is 16.6. The molecule has 0 fully saturated rings. The van der Waals surface area contributed by atoms with Gasteiger partial charge in [0.25, 0.3) is 0 Å². The third-order valence-corrected chi connectivity index (χ3v) is 2.34. The Hall–Kier alpha value is -1.42. The molecule has 1 atom stereocenters. The second-order valence-corrected chi connectivity index (χ2v) is 3.41. The maximum atomic E-state index is 9.56. The lowest BCUT2D eigenvalue weighted by Gasteiger charge is -2.21. The average molecular weight is 210 g/mol. The monoisotopic (exact) mass is 210 g/mol. The first-order valence-corrected chi connectivity index (χ1v) is 4.88. The highest BCUT2D eigenvalue weighted by molar-refractivity contribution is 5.51. The van der Waals surface area contributed by atoms with Crippen molar-refractivity contribution in [3.05, 3.63) is 17.7 Å². The Morgan fingerprint density at radius 1 is 1.27 bits per heavy atom. The molecule has 82 valence electrons. The summed E-state index contributed by atoms with van der Waals surface area (Å²) in [5.41, 5.74) is 0.710. The Kier molecular flexibility index (Phi) is 2.68. The van der Waals surface area contributed by atoms with Gasteiger partial charge >= 0.3 is 0 Å². The van der Waals surface area contributed by atoms with Gasteiger partial charge in [0.15, 0.2) is 11.5 Å². The minimum Gasteiger partial charge on any atom is -0.496 e. The summed E-state index contributed by atoms with van der Waals surface area (Å²) in [6.07, 6.45) is -0.587. The van der Waals surface area contributed by atoms with Gasteiger partial charge in [0.1, 0.15) is 19.0 Å². The van der Waals surface area contributed by atoms with Crippen LogP contribution in [0.15, 0.2) is 12.1 Å². The topological polar surface area (TPSA) is 47.9 Å². The number of hydrogen-bond donors (Lipinski definition) is 1. The van der Waals surface area contributed by atoms with Crippen LogP contribution in [0.3, 0.4) is 0 Å². The molecule has 1 aromatic carbocycles. The Morgan fingerprint density at radius 2 is 1.87 bits per heavy atom. The van der Waals surface area contributed by atoms with Gasteiger partial charge in [-0.05, 0) is 13.0 Å². The zero-order valence-corrected chi connectivity index (χ0v) is 8.82. The van der Waals surface area contributed by atoms with Crippen LogP contribution in [-0.2, 0) is 0 Å². The van der Waals surface area contributed by atoms with Crippen LogP contribution in [0.4, 0.5) is 0 Å². The van der Waals surface area contributed by atoms with Gasteiger partial charge in [0.05, 0.1) is 13.2 Å². The van der Waals surface area contributed by atoms with Crippen LogP contribution in [0.25, 0.3) is 0 Å². The van der Waals surface area contributed by atoms with Crippen molar-refractivity contribution < 1.29 is 19.3 Å². The Balaban J connectivity index is 2.46. The van der Waals surface area contributed by atoms with Crippen molar-refractivity contribution in [2.24, 2.45) is 0 Å². The summed E-state index contributed by atoms with van der Waals surface area (Å²) in [6, 6.07) is 3.51. The van der Waals surface area contributed by atoms with E-state index in [0.717, 1.165) is 0 Å². The molecule has 0 spiro atoms. The van der Waals surface area contributed by atoms with Crippen molar-refractivity contribution in [3.8, 4) is 17.2 Å². The SMILES string of the molecule is COc1cc2c(cc1C(C)O)OCCO2. The molecule has 1 heterocycles. The van der Waals surface area contributed by atoms with Crippen LogP contribution in [0.1, 0.15) is 18.6 Å². The van der Waals surface area contributed by atoms with Crippen LogP contribution in [-0.4, -0.2) is 25.4 Å². The van der Waals surface area contributed by atoms with Crippen LogP contribution >= 0.6 is 0 Å². The summed E-state index contributed by atoms with van der Waals surface area (Å²) in [6.45, 7) is 2.77. The van der Waals surface area contributed by atoms with E-state index < -0.39 is 6.10 Å². The molecule has 0 amide bonds. The molecule has 0 saturated heterocycles. The van der Waals surface area contributed by atoms with E-state index in [-0.39, 0.29) is 0 Å². The summed E-state index contributed by atoms with van der Waals surface area (Å²) in [5.74, 6) is 1.95. The zero-order valence-electron chi connectivity index (χ0n) is 8.82. The summed E-state index contributed by atoms with van der Waals surface area (Å²) >= 11 is 0. The van der Waals surface area contributed by atoms with Gasteiger partial charge < -0.3 is 19.3 Å². The van der Waals surface area contributed by atoms with E-state index in [1.807, 2.05) is 0 Å². The van der Waals surface area contributed by atoms with Gasteiger partial charge in [-0.1, -0.05) is 0 Å². The summed E-state index contributed by atoms with van der Waals surface area (Å²) in [4.78, 5) is 0. The number of aliphatic hydroxyl groups excluding tert-OH is 1. The van der Waals surface area contributed by atoms with Crippen molar-refractivity contribution in [2.75, 3.05) is 20.3 Å². The van der Waals surface area contributed by atoms with Crippen LogP contribution < -0.4 is 14.2 Å². The van der Waals surface area contributed by atoms with E-state index in [1.165, 1.54) is 0 Å². The van der Waals surface area contributed by atoms with E-state index >= 15 is 0 Å². The van der Waals surface area contributed by atoms with Crippen molar-refractivity contribution >= 4 is 0 Å². The first-order chi connectivity index (χ1) is 7.22. The fourth-order valence-corrected chi connectivity index (χ4v) is 1.59. The van der Waals surface area contributed by atoms with E-state index in [9.17, 15) is 5.11 Å². The molecule has 1 N–H and O–H groups in total. The van der Waals surface area contributed by atoms with E-state index in [1.54, 1.807) is 26.2 Å². The Morgan fingerprint density at radius 3 is 2.40 bits per heavy atom. The summed E-state index contributed by atoms with van der Waals surface area (Å²) < 4.78 is 16.0. The first kappa shape index (κ1) is 10.1. The molecule has 1 aliphatic heterocycles. The van der Waals surface area contributed by atoms with Crippen LogP contribution in [0.5, 0.6) is 17.2 Å². The number of ether oxygens (including phenoxy) is 3. The van der Waals surface area contributed by atoms with Crippen molar-refractivity contribution in [2.45, 2.75) is 13.0 Å². The molecule has 1 aromatic rings. The predicted octanol–water partition coefficient (Wildman–Crippen LogP) is 1.52. The largest absolute Gasteiger partial charge is 0.496 e. The molecule has 0 saturated carbocycles. The fourth-order valence-electron chi connectivity index (χ4n) is 1.59. The number of aliphatic hydroxyl groups is 1. The normalized spacial score (nSPS) is 15.9. The minimum atomic E-state index is -0.587. The molecular formula is C11H14O4. The maximum Gasteiger partial charge on any atom is 0.165 e. The number of methoxy groups -OCH3 is 1. The molecule has 1 aliphatic rings. The quantitative estimate of drug-likeness (QED) is 0.804.